The number of rotatable bonds is 4. The largest absolute Gasteiger partial charge is 0.357 e. The van der Waals surface area contributed by atoms with Crippen LogP contribution in [0.3, 0.4) is 0 Å². The van der Waals surface area contributed by atoms with E-state index in [1.54, 1.807) is 17.9 Å². The highest BCUT2D eigenvalue weighted by Gasteiger charge is 2.30. The molecule has 7 nitrogen and oxygen atoms in total. The molecule has 0 spiro atoms. The summed E-state index contributed by atoms with van der Waals surface area (Å²) in [7, 11) is 1.80. The third-order valence-electron chi connectivity index (χ3n) is 4.34. The minimum Gasteiger partial charge on any atom is -0.357 e. The van der Waals surface area contributed by atoms with Gasteiger partial charge >= 0.3 is 0 Å². The number of nitrogens with zero attached hydrogens (tertiary/aromatic N) is 5. The molecule has 1 aliphatic carbocycles. The molecule has 2 aromatic heterocycles. The molecule has 3 unspecified atom stereocenters. The number of hydrogen-bond donors (Lipinski definition) is 2. The Labute approximate surface area is 124 Å². The normalized spacial score (nSPS) is 25.0. The Morgan fingerprint density at radius 2 is 1.95 bits per heavy atom. The summed E-state index contributed by atoms with van der Waals surface area (Å²) in [6.07, 6.45) is 5.92. The van der Waals surface area contributed by atoms with Gasteiger partial charge in [0.15, 0.2) is 0 Å². The summed E-state index contributed by atoms with van der Waals surface area (Å²) in [5.74, 6) is 3.01. The first-order chi connectivity index (χ1) is 10.2. The first-order valence-electron chi connectivity index (χ1n) is 7.37. The molecule has 0 saturated heterocycles. The van der Waals surface area contributed by atoms with Crippen LogP contribution in [-0.2, 0) is 0 Å². The van der Waals surface area contributed by atoms with Gasteiger partial charge in [-0.2, -0.15) is 20.1 Å². The highest BCUT2D eigenvalue weighted by Crippen LogP contribution is 2.32. The summed E-state index contributed by atoms with van der Waals surface area (Å²) < 4.78 is 1.63. The van der Waals surface area contributed by atoms with Gasteiger partial charge in [-0.05, 0) is 30.7 Å². The fraction of sp³-hybridized carbons (Fsp3) is 0.571. The average molecular weight is 287 g/mol. The topological polar surface area (TPSA) is 80.5 Å². The van der Waals surface area contributed by atoms with Crippen molar-refractivity contribution in [3.63, 3.8) is 0 Å². The van der Waals surface area contributed by atoms with Crippen LogP contribution in [0.25, 0.3) is 5.95 Å². The van der Waals surface area contributed by atoms with Gasteiger partial charge in [-0.1, -0.05) is 13.8 Å². The molecule has 0 bridgehead atoms. The molecule has 1 fully saturated rings. The molecule has 1 aliphatic rings. The number of anilines is 2. The first kappa shape index (κ1) is 13.8. The van der Waals surface area contributed by atoms with Crippen LogP contribution in [0.4, 0.5) is 11.9 Å². The summed E-state index contributed by atoms with van der Waals surface area (Å²) in [6, 6.07) is 2.26. The van der Waals surface area contributed by atoms with E-state index in [9.17, 15) is 0 Å². The van der Waals surface area contributed by atoms with Gasteiger partial charge in [-0.3, -0.25) is 0 Å². The summed E-state index contributed by atoms with van der Waals surface area (Å²) in [4.78, 5) is 13.2. The van der Waals surface area contributed by atoms with Crippen LogP contribution in [-0.4, -0.2) is 37.8 Å². The van der Waals surface area contributed by atoms with Crippen molar-refractivity contribution in [2.24, 2.45) is 11.8 Å². The monoisotopic (exact) mass is 287 g/mol. The predicted molar refractivity (Wildman–Crippen MR) is 81.5 cm³/mol. The maximum absolute atomic E-state index is 4.47. The SMILES string of the molecule is CNc1nc(NC2CCC(C)C2C)nc(-n2cccn2)n1. The Balaban J connectivity index is 1.86. The molecular formula is C14H21N7. The third-order valence-corrected chi connectivity index (χ3v) is 4.34. The third kappa shape index (κ3) is 2.81. The van der Waals surface area contributed by atoms with E-state index in [0.29, 0.717) is 29.8 Å². The van der Waals surface area contributed by atoms with Gasteiger partial charge in [0.25, 0.3) is 5.95 Å². The maximum atomic E-state index is 4.47. The van der Waals surface area contributed by atoms with Crippen molar-refractivity contribution in [1.29, 1.82) is 0 Å². The molecule has 0 amide bonds. The first-order valence-corrected chi connectivity index (χ1v) is 7.37. The lowest BCUT2D eigenvalue weighted by Crippen LogP contribution is -2.26. The summed E-state index contributed by atoms with van der Waals surface area (Å²) in [6.45, 7) is 4.58. The van der Waals surface area contributed by atoms with Crippen molar-refractivity contribution >= 4 is 11.9 Å². The molecule has 2 N–H and O–H groups in total. The second-order valence-electron chi connectivity index (χ2n) is 5.65. The minimum atomic E-state index is 0.414. The standard InChI is InChI=1S/C14H21N7/c1-9-5-6-11(10(9)2)17-13-18-12(15-3)19-14(20-13)21-8-4-7-16-21/h4,7-11H,5-6H2,1-3H3,(H2,15,17,18,19,20). The van der Waals surface area contributed by atoms with Crippen LogP contribution >= 0.6 is 0 Å². The van der Waals surface area contributed by atoms with Gasteiger partial charge in [0.05, 0.1) is 0 Å². The number of hydrogen-bond acceptors (Lipinski definition) is 6. The Morgan fingerprint density at radius 1 is 1.14 bits per heavy atom. The molecule has 0 aliphatic heterocycles. The second-order valence-corrected chi connectivity index (χ2v) is 5.65. The molecule has 21 heavy (non-hydrogen) atoms. The smallest absolute Gasteiger partial charge is 0.257 e. The highest BCUT2D eigenvalue weighted by atomic mass is 15.4. The Kier molecular flexibility index (Phi) is 3.72. The van der Waals surface area contributed by atoms with Crippen molar-refractivity contribution in [1.82, 2.24) is 24.7 Å². The van der Waals surface area contributed by atoms with E-state index in [1.165, 1.54) is 6.42 Å². The molecule has 7 heteroatoms. The fourth-order valence-corrected chi connectivity index (χ4v) is 2.76. The van der Waals surface area contributed by atoms with Crippen molar-refractivity contribution in [3.8, 4) is 5.95 Å². The molecule has 3 rings (SSSR count). The average Bonchev–Trinajstić information content (AvgIpc) is 3.13. The zero-order chi connectivity index (χ0) is 14.8. The molecule has 0 aromatic carbocycles. The molecule has 2 aromatic rings. The van der Waals surface area contributed by atoms with Crippen LogP contribution in [0.15, 0.2) is 18.5 Å². The molecule has 1 saturated carbocycles. The van der Waals surface area contributed by atoms with Gasteiger partial charge in [-0.25, -0.2) is 4.68 Å². The van der Waals surface area contributed by atoms with Gasteiger partial charge in [0.1, 0.15) is 0 Å². The fourth-order valence-electron chi connectivity index (χ4n) is 2.76. The maximum Gasteiger partial charge on any atom is 0.257 e. The summed E-state index contributed by atoms with van der Waals surface area (Å²) in [5.41, 5.74) is 0. The zero-order valence-corrected chi connectivity index (χ0v) is 12.6. The minimum absolute atomic E-state index is 0.414. The van der Waals surface area contributed by atoms with Gasteiger partial charge < -0.3 is 10.6 Å². The van der Waals surface area contributed by atoms with Crippen LogP contribution in [0, 0.1) is 11.8 Å². The lowest BCUT2D eigenvalue weighted by Gasteiger charge is -2.20. The van der Waals surface area contributed by atoms with Gasteiger partial charge in [-0.15, -0.1) is 0 Å². The van der Waals surface area contributed by atoms with Crippen molar-refractivity contribution in [2.45, 2.75) is 32.7 Å². The Morgan fingerprint density at radius 3 is 2.57 bits per heavy atom. The Bertz CT molecular complexity index is 595. The quantitative estimate of drug-likeness (QED) is 0.894. The molecule has 3 atom stereocenters. The number of aromatic nitrogens is 5. The molecule has 0 radical (unpaired) electrons. The summed E-state index contributed by atoms with van der Waals surface area (Å²) >= 11 is 0. The van der Waals surface area contributed by atoms with Crippen molar-refractivity contribution in [3.05, 3.63) is 18.5 Å². The summed E-state index contributed by atoms with van der Waals surface area (Å²) in [5, 5.41) is 10.6. The van der Waals surface area contributed by atoms with Crippen LogP contribution < -0.4 is 10.6 Å². The van der Waals surface area contributed by atoms with Crippen LogP contribution in [0.1, 0.15) is 26.7 Å². The van der Waals surface area contributed by atoms with Crippen LogP contribution in [0.5, 0.6) is 0 Å². The van der Waals surface area contributed by atoms with Crippen molar-refractivity contribution in [2.75, 3.05) is 17.7 Å². The second kappa shape index (κ2) is 5.67. The molecule has 2 heterocycles. The van der Waals surface area contributed by atoms with Crippen molar-refractivity contribution < 1.29 is 0 Å². The zero-order valence-electron chi connectivity index (χ0n) is 12.6. The van der Waals surface area contributed by atoms with E-state index in [0.717, 1.165) is 12.3 Å². The van der Waals surface area contributed by atoms with E-state index < -0.39 is 0 Å². The highest BCUT2D eigenvalue weighted by molar-refractivity contribution is 5.38. The van der Waals surface area contributed by atoms with E-state index in [2.05, 4.69) is 44.5 Å². The lowest BCUT2D eigenvalue weighted by atomic mass is 9.98. The van der Waals surface area contributed by atoms with E-state index in [-0.39, 0.29) is 0 Å². The molecular weight excluding hydrogens is 266 g/mol. The van der Waals surface area contributed by atoms with E-state index >= 15 is 0 Å². The lowest BCUT2D eigenvalue weighted by molar-refractivity contribution is 0.434. The predicted octanol–water partition coefficient (Wildman–Crippen LogP) is 1.95. The number of nitrogens with one attached hydrogen (secondary N) is 2. The van der Waals surface area contributed by atoms with E-state index in [4.69, 9.17) is 0 Å². The molecule has 112 valence electrons. The van der Waals surface area contributed by atoms with E-state index in [1.807, 2.05) is 12.3 Å². The van der Waals surface area contributed by atoms with Crippen LogP contribution in [0.2, 0.25) is 0 Å². The Hall–Kier alpha value is -2.18. The van der Waals surface area contributed by atoms with Gasteiger partial charge in [0.2, 0.25) is 11.9 Å². The van der Waals surface area contributed by atoms with Gasteiger partial charge in [0, 0.05) is 25.5 Å².